The zero-order valence-electron chi connectivity index (χ0n) is 10.7. The van der Waals surface area contributed by atoms with E-state index in [1.54, 1.807) is 0 Å². The van der Waals surface area contributed by atoms with Crippen molar-refractivity contribution < 1.29 is 4.74 Å². The van der Waals surface area contributed by atoms with Crippen LogP contribution in [0.25, 0.3) is 0 Å². The molecule has 0 amide bonds. The molecule has 3 nitrogen and oxygen atoms in total. The standard InChI is InChI=1S/C14H19BrN2O/c1-10-8-17(4-3-16-10)9-12-7-13(15)6-11-2-5-18-14(11)12/h6-7,10,16H,2-5,8-9H2,1H3/t10-/m0/s1. The molecule has 0 radical (unpaired) electrons. The first-order valence-corrected chi connectivity index (χ1v) is 7.41. The Hall–Kier alpha value is -0.580. The Bertz CT molecular complexity index is 450. The van der Waals surface area contributed by atoms with Crippen molar-refractivity contribution >= 4 is 15.9 Å². The first-order valence-electron chi connectivity index (χ1n) is 6.62. The largest absolute Gasteiger partial charge is 0.493 e. The van der Waals surface area contributed by atoms with E-state index in [-0.39, 0.29) is 0 Å². The lowest BCUT2D eigenvalue weighted by atomic mass is 10.1. The van der Waals surface area contributed by atoms with Crippen molar-refractivity contribution in [3.63, 3.8) is 0 Å². The second kappa shape index (κ2) is 5.19. The molecule has 0 bridgehead atoms. The van der Waals surface area contributed by atoms with Gasteiger partial charge in [-0.25, -0.2) is 0 Å². The van der Waals surface area contributed by atoms with E-state index < -0.39 is 0 Å². The van der Waals surface area contributed by atoms with Gasteiger partial charge in [0.2, 0.25) is 0 Å². The number of hydrogen-bond acceptors (Lipinski definition) is 3. The molecule has 98 valence electrons. The summed E-state index contributed by atoms with van der Waals surface area (Å²) in [6.45, 7) is 7.38. The molecule has 1 aromatic carbocycles. The molecule has 0 aromatic heterocycles. The summed E-state index contributed by atoms with van der Waals surface area (Å²) in [5.74, 6) is 1.13. The Morgan fingerprint density at radius 3 is 3.22 bits per heavy atom. The van der Waals surface area contributed by atoms with Gasteiger partial charge < -0.3 is 10.1 Å². The maximum absolute atomic E-state index is 5.79. The van der Waals surface area contributed by atoms with E-state index >= 15 is 0 Å². The fraction of sp³-hybridized carbons (Fsp3) is 0.571. The van der Waals surface area contributed by atoms with E-state index in [2.05, 4.69) is 45.2 Å². The number of fused-ring (bicyclic) bond motifs is 1. The van der Waals surface area contributed by atoms with Gasteiger partial charge in [0, 0.05) is 48.7 Å². The number of nitrogens with zero attached hydrogens (tertiary/aromatic N) is 1. The SMILES string of the molecule is C[C@H]1CN(Cc2cc(Br)cc3c2OCC3)CCN1. The lowest BCUT2D eigenvalue weighted by Gasteiger charge is -2.32. The summed E-state index contributed by atoms with van der Waals surface area (Å²) < 4.78 is 6.96. The first-order chi connectivity index (χ1) is 8.72. The lowest BCUT2D eigenvalue weighted by Crippen LogP contribution is -2.48. The molecule has 0 spiro atoms. The van der Waals surface area contributed by atoms with Crippen LogP contribution in [0.1, 0.15) is 18.1 Å². The maximum Gasteiger partial charge on any atom is 0.127 e. The van der Waals surface area contributed by atoms with Crippen molar-refractivity contribution in [3.05, 3.63) is 27.7 Å². The molecular weight excluding hydrogens is 292 g/mol. The molecule has 1 fully saturated rings. The third kappa shape index (κ3) is 2.56. The van der Waals surface area contributed by atoms with E-state index in [0.717, 1.165) is 45.0 Å². The fourth-order valence-electron chi connectivity index (χ4n) is 2.86. The Morgan fingerprint density at radius 2 is 2.39 bits per heavy atom. The second-order valence-electron chi connectivity index (χ2n) is 5.24. The highest BCUT2D eigenvalue weighted by Crippen LogP contribution is 2.33. The molecule has 1 saturated heterocycles. The van der Waals surface area contributed by atoms with E-state index in [0.29, 0.717) is 6.04 Å². The molecule has 0 aliphatic carbocycles. The van der Waals surface area contributed by atoms with Crippen LogP contribution in [0.4, 0.5) is 0 Å². The summed E-state index contributed by atoms with van der Waals surface area (Å²) in [5, 5.41) is 3.48. The molecule has 18 heavy (non-hydrogen) atoms. The highest BCUT2D eigenvalue weighted by molar-refractivity contribution is 9.10. The van der Waals surface area contributed by atoms with Crippen LogP contribution in [0.3, 0.4) is 0 Å². The van der Waals surface area contributed by atoms with Crippen LogP contribution in [-0.2, 0) is 13.0 Å². The van der Waals surface area contributed by atoms with Crippen molar-refractivity contribution in [1.82, 2.24) is 10.2 Å². The number of hydrogen-bond donors (Lipinski definition) is 1. The van der Waals surface area contributed by atoms with Crippen molar-refractivity contribution in [2.75, 3.05) is 26.2 Å². The van der Waals surface area contributed by atoms with Gasteiger partial charge in [-0.1, -0.05) is 15.9 Å². The van der Waals surface area contributed by atoms with E-state index in [4.69, 9.17) is 4.74 Å². The van der Waals surface area contributed by atoms with Crippen LogP contribution in [0, 0.1) is 0 Å². The third-order valence-electron chi connectivity index (χ3n) is 3.67. The highest BCUT2D eigenvalue weighted by Gasteiger charge is 2.21. The molecule has 2 aliphatic heterocycles. The van der Waals surface area contributed by atoms with E-state index in [9.17, 15) is 0 Å². The van der Waals surface area contributed by atoms with Crippen LogP contribution < -0.4 is 10.1 Å². The lowest BCUT2D eigenvalue weighted by molar-refractivity contribution is 0.197. The minimum absolute atomic E-state index is 0.583. The number of piperazine rings is 1. The molecule has 3 rings (SSSR count). The Balaban J connectivity index is 1.80. The maximum atomic E-state index is 5.79. The smallest absolute Gasteiger partial charge is 0.127 e. The van der Waals surface area contributed by atoms with Gasteiger partial charge in [-0.3, -0.25) is 4.90 Å². The average molecular weight is 311 g/mol. The second-order valence-corrected chi connectivity index (χ2v) is 6.16. The monoisotopic (exact) mass is 310 g/mol. The summed E-state index contributed by atoms with van der Waals surface area (Å²) in [6.07, 6.45) is 1.04. The van der Waals surface area contributed by atoms with Crippen LogP contribution in [-0.4, -0.2) is 37.2 Å². The highest BCUT2D eigenvalue weighted by atomic mass is 79.9. The topological polar surface area (TPSA) is 24.5 Å². The van der Waals surface area contributed by atoms with Gasteiger partial charge in [0.1, 0.15) is 5.75 Å². The molecular formula is C14H19BrN2O. The van der Waals surface area contributed by atoms with Crippen molar-refractivity contribution in [3.8, 4) is 5.75 Å². The number of benzene rings is 1. The van der Waals surface area contributed by atoms with Gasteiger partial charge in [0.15, 0.2) is 0 Å². The molecule has 2 aliphatic rings. The number of ether oxygens (including phenoxy) is 1. The summed E-state index contributed by atoms with van der Waals surface area (Å²) in [7, 11) is 0. The predicted octanol–water partition coefficient (Wildman–Crippen LogP) is 2.18. The third-order valence-corrected chi connectivity index (χ3v) is 4.13. The molecule has 1 N–H and O–H groups in total. The first kappa shape index (κ1) is 12.5. The van der Waals surface area contributed by atoms with Crippen LogP contribution in [0.2, 0.25) is 0 Å². The minimum Gasteiger partial charge on any atom is -0.493 e. The van der Waals surface area contributed by atoms with Gasteiger partial charge in [0.05, 0.1) is 6.61 Å². The van der Waals surface area contributed by atoms with Crippen molar-refractivity contribution in [2.24, 2.45) is 0 Å². The van der Waals surface area contributed by atoms with Crippen LogP contribution >= 0.6 is 15.9 Å². The van der Waals surface area contributed by atoms with E-state index in [1.807, 2.05) is 0 Å². The number of nitrogens with one attached hydrogen (secondary N) is 1. The van der Waals surface area contributed by atoms with Crippen LogP contribution in [0.15, 0.2) is 16.6 Å². The predicted molar refractivity (Wildman–Crippen MR) is 76.1 cm³/mol. The van der Waals surface area contributed by atoms with Crippen molar-refractivity contribution in [2.45, 2.75) is 25.9 Å². The normalized spacial score (nSPS) is 23.8. The van der Waals surface area contributed by atoms with Gasteiger partial charge in [-0.2, -0.15) is 0 Å². The Kier molecular flexibility index (Phi) is 3.59. The summed E-state index contributed by atoms with van der Waals surface area (Å²) in [4.78, 5) is 2.50. The molecule has 1 aromatic rings. The fourth-order valence-corrected chi connectivity index (χ4v) is 3.41. The van der Waals surface area contributed by atoms with E-state index in [1.165, 1.54) is 15.6 Å². The summed E-state index contributed by atoms with van der Waals surface area (Å²) in [6, 6.07) is 4.98. The number of halogens is 1. The summed E-state index contributed by atoms with van der Waals surface area (Å²) in [5.41, 5.74) is 2.67. The van der Waals surface area contributed by atoms with Gasteiger partial charge in [-0.05, 0) is 24.6 Å². The zero-order valence-corrected chi connectivity index (χ0v) is 12.3. The number of rotatable bonds is 2. The Labute approximate surface area is 117 Å². The summed E-state index contributed by atoms with van der Waals surface area (Å²) >= 11 is 3.61. The average Bonchev–Trinajstić information content (AvgIpc) is 2.77. The quantitative estimate of drug-likeness (QED) is 0.906. The van der Waals surface area contributed by atoms with Crippen LogP contribution in [0.5, 0.6) is 5.75 Å². The Morgan fingerprint density at radius 1 is 1.50 bits per heavy atom. The minimum atomic E-state index is 0.583. The molecule has 0 unspecified atom stereocenters. The molecule has 4 heteroatoms. The van der Waals surface area contributed by atoms with Gasteiger partial charge in [-0.15, -0.1) is 0 Å². The molecule has 1 atom stereocenters. The van der Waals surface area contributed by atoms with Gasteiger partial charge >= 0.3 is 0 Å². The molecule has 2 heterocycles. The van der Waals surface area contributed by atoms with Gasteiger partial charge in [0.25, 0.3) is 0 Å². The zero-order chi connectivity index (χ0) is 12.5. The van der Waals surface area contributed by atoms with Crippen molar-refractivity contribution in [1.29, 1.82) is 0 Å². The molecule has 0 saturated carbocycles.